The molecule has 0 amide bonds. The van der Waals surface area contributed by atoms with Crippen molar-refractivity contribution in [3.8, 4) is 0 Å². The third-order valence-electron chi connectivity index (χ3n) is 12.0. The molecule has 0 saturated carbocycles. The summed E-state index contributed by atoms with van der Waals surface area (Å²) in [6, 6.07) is 0. The molecule has 0 unspecified atom stereocenters. The maximum atomic E-state index is 12.8. The minimum atomic E-state index is -0.783. The molecule has 0 aliphatic carbocycles. The minimum absolute atomic E-state index is 0.0822. The number of hydrogen-bond donors (Lipinski definition) is 0. The van der Waals surface area contributed by atoms with Crippen LogP contribution in [-0.4, -0.2) is 37.2 Å². The summed E-state index contributed by atoms with van der Waals surface area (Å²) >= 11 is 0. The Kier molecular flexibility index (Phi) is 51.3. The zero-order valence-electron chi connectivity index (χ0n) is 43.0. The van der Waals surface area contributed by atoms with E-state index in [1.54, 1.807) is 0 Å². The molecule has 0 fully saturated rings. The Balaban J connectivity index is 4.39. The average Bonchev–Trinajstić information content (AvgIpc) is 3.30. The van der Waals surface area contributed by atoms with Crippen molar-refractivity contribution in [2.24, 2.45) is 0 Å². The van der Waals surface area contributed by atoms with E-state index in [-0.39, 0.29) is 31.1 Å². The molecule has 0 aromatic heterocycles. The normalized spacial score (nSPS) is 12.5. The molecule has 6 nitrogen and oxygen atoms in total. The van der Waals surface area contributed by atoms with Crippen LogP contribution < -0.4 is 0 Å². The molecular formula is C59H104O6. The highest BCUT2D eigenvalue weighted by Crippen LogP contribution is 2.15. The van der Waals surface area contributed by atoms with Gasteiger partial charge in [0.1, 0.15) is 13.2 Å². The molecular weight excluding hydrogens is 805 g/mol. The summed E-state index contributed by atoms with van der Waals surface area (Å²) in [5.41, 5.74) is 0. The van der Waals surface area contributed by atoms with E-state index in [0.717, 1.165) is 96.3 Å². The number of carbonyl (C=O) groups is 3. The number of unbranched alkanes of at least 4 members (excludes halogenated alkanes) is 29. The van der Waals surface area contributed by atoms with Crippen LogP contribution >= 0.6 is 0 Å². The summed E-state index contributed by atoms with van der Waals surface area (Å²) in [5.74, 6) is -0.901. The predicted octanol–water partition coefficient (Wildman–Crippen LogP) is 18.4. The van der Waals surface area contributed by atoms with Crippen molar-refractivity contribution in [3.63, 3.8) is 0 Å². The van der Waals surface area contributed by atoms with Crippen molar-refractivity contribution in [2.45, 2.75) is 284 Å². The van der Waals surface area contributed by atoms with Gasteiger partial charge in [-0.15, -0.1) is 0 Å². The Bertz CT molecular complexity index is 1180. The predicted molar refractivity (Wildman–Crippen MR) is 279 cm³/mol. The summed E-state index contributed by atoms with van der Waals surface area (Å²) in [7, 11) is 0. The van der Waals surface area contributed by atoms with Gasteiger partial charge in [-0.1, -0.05) is 236 Å². The molecule has 0 aliphatic heterocycles. The van der Waals surface area contributed by atoms with Crippen molar-refractivity contribution < 1.29 is 28.6 Å². The quantitative estimate of drug-likeness (QED) is 0.0262. The molecule has 0 aromatic carbocycles. The number of esters is 3. The summed E-state index contributed by atoms with van der Waals surface area (Å²) in [6.45, 7) is 6.52. The summed E-state index contributed by atoms with van der Waals surface area (Å²) in [5, 5.41) is 0. The van der Waals surface area contributed by atoms with Crippen LogP contribution in [0.15, 0.2) is 60.8 Å². The number of ether oxygens (including phenoxy) is 3. The van der Waals surface area contributed by atoms with E-state index in [0.29, 0.717) is 19.3 Å². The lowest BCUT2D eigenvalue weighted by Crippen LogP contribution is -2.30. The van der Waals surface area contributed by atoms with E-state index in [4.69, 9.17) is 14.2 Å². The first-order chi connectivity index (χ1) is 32.0. The largest absolute Gasteiger partial charge is 0.462 e. The molecule has 0 spiro atoms. The van der Waals surface area contributed by atoms with Gasteiger partial charge in [-0.25, -0.2) is 0 Å². The Hall–Kier alpha value is -2.89. The van der Waals surface area contributed by atoms with Crippen molar-refractivity contribution >= 4 is 17.9 Å². The number of rotatable bonds is 50. The molecule has 0 bridgehead atoms. The molecule has 0 rings (SSSR count). The zero-order valence-corrected chi connectivity index (χ0v) is 43.0. The lowest BCUT2D eigenvalue weighted by Gasteiger charge is -2.18. The van der Waals surface area contributed by atoms with Crippen LogP contribution in [0.4, 0.5) is 0 Å². The number of carbonyl (C=O) groups excluding carboxylic acids is 3. The Morgan fingerprint density at radius 2 is 0.600 bits per heavy atom. The van der Waals surface area contributed by atoms with Gasteiger partial charge in [-0.2, -0.15) is 0 Å². The Morgan fingerprint density at radius 3 is 0.954 bits per heavy atom. The molecule has 65 heavy (non-hydrogen) atoms. The first-order valence-electron chi connectivity index (χ1n) is 27.8. The second-order valence-electron chi connectivity index (χ2n) is 18.5. The van der Waals surface area contributed by atoms with Gasteiger partial charge in [0.15, 0.2) is 6.10 Å². The van der Waals surface area contributed by atoms with Gasteiger partial charge in [-0.05, 0) is 83.5 Å². The lowest BCUT2D eigenvalue weighted by molar-refractivity contribution is -0.167. The maximum absolute atomic E-state index is 12.8. The first kappa shape index (κ1) is 62.1. The van der Waals surface area contributed by atoms with Crippen LogP contribution in [-0.2, 0) is 28.6 Å². The molecule has 376 valence electrons. The highest BCUT2D eigenvalue weighted by Gasteiger charge is 2.19. The monoisotopic (exact) mass is 909 g/mol. The van der Waals surface area contributed by atoms with Gasteiger partial charge in [0.25, 0.3) is 0 Å². The Morgan fingerprint density at radius 1 is 0.323 bits per heavy atom. The first-order valence-corrected chi connectivity index (χ1v) is 27.8. The van der Waals surface area contributed by atoms with Crippen LogP contribution in [0.1, 0.15) is 278 Å². The average molecular weight is 909 g/mol. The number of hydrogen-bond acceptors (Lipinski definition) is 6. The summed E-state index contributed by atoms with van der Waals surface area (Å²) < 4.78 is 16.8. The van der Waals surface area contributed by atoms with E-state index in [1.165, 1.54) is 141 Å². The molecule has 6 heteroatoms. The van der Waals surface area contributed by atoms with Gasteiger partial charge in [0.2, 0.25) is 0 Å². The minimum Gasteiger partial charge on any atom is -0.462 e. The lowest BCUT2D eigenvalue weighted by atomic mass is 10.0. The van der Waals surface area contributed by atoms with Crippen LogP contribution in [0.2, 0.25) is 0 Å². The van der Waals surface area contributed by atoms with Crippen LogP contribution in [0.25, 0.3) is 0 Å². The molecule has 0 aliphatic rings. The number of allylic oxidation sites excluding steroid dienone is 10. The smallest absolute Gasteiger partial charge is 0.306 e. The van der Waals surface area contributed by atoms with Crippen LogP contribution in [0.5, 0.6) is 0 Å². The van der Waals surface area contributed by atoms with Gasteiger partial charge < -0.3 is 14.2 Å². The fraction of sp³-hybridized carbons (Fsp3) is 0.780. The van der Waals surface area contributed by atoms with Crippen molar-refractivity contribution in [1.29, 1.82) is 0 Å². The molecule has 0 radical (unpaired) electrons. The van der Waals surface area contributed by atoms with Crippen LogP contribution in [0, 0.1) is 0 Å². The van der Waals surface area contributed by atoms with Crippen LogP contribution in [0.3, 0.4) is 0 Å². The van der Waals surface area contributed by atoms with Gasteiger partial charge >= 0.3 is 17.9 Å². The topological polar surface area (TPSA) is 78.9 Å². The highest BCUT2D eigenvalue weighted by atomic mass is 16.6. The standard InChI is InChI=1S/C59H104O6/c1-4-7-10-13-16-19-22-25-27-29-31-34-36-39-42-45-48-51-57(60)63-54-56(65-59(62)53-50-47-44-41-38-33-24-21-18-15-12-9-6-3)55-64-58(61)52-49-46-43-40-37-35-32-30-28-26-23-20-17-14-11-8-5-2/h7,10,16,19,25-28,31,34,56H,4-6,8-9,11-15,17-18,20-24,29-30,32-33,35-55H2,1-3H3/b10-7-,19-16-,27-25-,28-26-,34-31-/t56-/m1/s1. The van der Waals surface area contributed by atoms with Gasteiger partial charge in [-0.3, -0.25) is 14.4 Å². The second-order valence-corrected chi connectivity index (χ2v) is 18.5. The van der Waals surface area contributed by atoms with E-state index in [2.05, 4.69) is 81.5 Å². The molecule has 0 saturated heterocycles. The summed E-state index contributed by atoms with van der Waals surface area (Å²) in [6.07, 6.45) is 66.3. The maximum Gasteiger partial charge on any atom is 0.306 e. The van der Waals surface area contributed by atoms with E-state index in [1.807, 2.05) is 0 Å². The fourth-order valence-corrected chi connectivity index (χ4v) is 7.84. The molecule has 0 N–H and O–H groups in total. The zero-order chi connectivity index (χ0) is 47.2. The SMILES string of the molecule is CC/C=C\C/C=C\C/C=C\C/C=C\CCCCCCC(=O)OC[C@H](COC(=O)CCCCCCCCC/C=C\CCCCCCCC)OC(=O)CCCCCCCCCCCCCCC. The summed E-state index contributed by atoms with van der Waals surface area (Å²) in [4.78, 5) is 38.1. The second kappa shape index (κ2) is 53.7. The third kappa shape index (κ3) is 51.9. The highest BCUT2D eigenvalue weighted by molar-refractivity contribution is 5.71. The third-order valence-corrected chi connectivity index (χ3v) is 12.0. The molecule has 1 atom stereocenters. The molecule has 0 aromatic rings. The van der Waals surface area contributed by atoms with Crippen molar-refractivity contribution in [3.05, 3.63) is 60.8 Å². The Labute approximate surface area is 402 Å². The molecule has 0 heterocycles. The van der Waals surface area contributed by atoms with Crippen molar-refractivity contribution in [2.75, 3.05) is 13.2 Å². The fourth-order valence-electron chi connectivity index (χ4n) is 7.84. The van der Waals surface area contributed by atoms with Gasteiger partial charge in [0, 0.05) is 19.3 Å². The van der Waals surface area contributed by atoms with Gasteiger partial charge in [0.05, 0.1) is 0 Å². The van der Waals surface area contributed by atoms with E-state index >= 15 is 0 Å². The van der Waals surface area contributed by atoms with Crippen molar-refractivity contribution in [1.82, 2.24) is 0 Å². The van der Waals surface area contributed by atoms with E-state index < -0.39 is 6.10 Å². The van der Waals surface area contributed by atoms with E-state index in [9.17, 15) is 14.4 Å².